The number of rotatable bonds is 1. The second-order valence-electron chi connectivity index (χ2n) is 4.89. The lowest BCUT2D eigenvalue weighted by atomic mass is 9.96. The van der Waals surface area contributed by atoms with Crippen LogP contribution in [0, 0.1) is 6.92 Å². The van der Waals surface area contributed by atoms with Crippen molar-refractivity contribution in [3.8, 4) is 11.5 Å². The zero-order chi connectivity index (χ0) is 12.6. The highest BCUT2D eigenvalue weighted by Crippen LogP contribution is 2.25. The molecule has 17 heavy (non-hydrogen) atoms. The molecule has 90 valence electrons. The Morgan fingerprint density at radius 1 is 1.24 bits per heavy atom. The van der Waals surface area contributed by atoms with E-state index >= 15 is 0 Å². The molecule has 2 heterocycles. The van der Waals surface area contributed by atoms with Gasteiger partial charge in [0.2, 0.25) is 0 Å². The number of nitrogen functional groups attached to an aromatic ring is 1. The van der Waals surface area contributed by atoms with Gasteiger partial charge in [-0.05, 0) is 6.92 Å². The van der Waals surface area contributed by atoms with E-state index in [0.717, 1.165) is 0 Å². The summed E-state index contributed by atoms with van der Waals surface area (Å²) >= 11 is 0. The first-order valence-electron chi connectivity index (χ1n) is 5.31. The first kappa shape index (κ1) is 11.5. The Bertz CT molecular complexity index is 541. The van der Waals surface area contributed by atoms with E-state index in [-0.39, 0.29) is 5.41 Å². The molecular formula is C11H15N5O. The maximum Gasteiger partial charge on any atom is 0.263 e. The lowest BCUT2D eigenvalue weighted by Gasteiger charge is -2.10. The molecule has 0 amide bonds. The molecule has 0 saturated carbocycles. The van der Waals surface area contributed by atoms with Gasteiger partial charge in [-0.3, -0.25) is 0 Å². The van der Waals surface area contributed by atoms with Crippen LogP contribution >= 0.6 is 0 Å². The van der Waals surface area contributed by atoms with Crippen molar-refractivity contribution in [1.29, 1.82) is 0 Å². The Balaban J connectivity index is 2.44. The van der Waals surface area contributed by atoms with Gasteiger partial charge in [0.05, 0.1) is 0 Å². The highest BCUT2D eigenvalue weighted by Gasteiger charge is 2.22. The summed E-state index contributed by atoms with van der Waals surface area (Å²) < 4.78 is 5.18. The minimum absolute atomic E-state index is 0.165. The van der Waals surface area contributed by atoms with Crippen molar-refractivity contribution in [2.45, 2.75) is 33.1 Å². The van der Waals surface area contributed by atoms with Crippen LogP contribution in [-0.4, -0.2) is 20.1 Å². The first-order chi connectivity index (χ1) is 7.88. The molecule has 0 fully saturated rings. The summed E-state index contributed by atoms with van der Waals surface area (Å²) in [7, 11) is 0. The van der Waals surface area contributed by atoms with Crippen LogP contribution in [0.15, 0.2) is 10.7 Å². The van der Waals surface area contributed by atoms with Gasteiger partial charge in [-0.15, -0.1) is 0 Å². The minimum Gasteiger partial charge on any atom is -0.383 e. The average molecular weight is 233 g/mol. The Morgan fingerprint density at radius 3 is 2.47 bits per heavy atom. The average Bonchev–Trinajstić information content (AvgIpc) is 2.65. The van der Waals surface area contributed by atoms with Crippen LogP contribution in [0.3, 0.4) is 0 Å². The van der Waals surface area contributed by atoms with E-state index in [4.69, 9.17) is 10.3 Å². The third-order valence-corrected chi connectivity index (χ3v) is 2.27. The van der Waals surface area contributed by atoms with E-state index in [2.05, 4.69) is 20.1 Å². The van der Waals surface area contributed by atoms with Crippen LogP contribution < -0.4 is 5.73 Å². The van der Waals surface area contributed by atoms with Crippen molar-refractivity contribution in [1.82, 2.24) is 20.1 Å². The zero-order valence-corrected chi connectivity index (χ0v) is 10.4. The second kappa shape index (κ2) is 3.80. The van der Waals surface area contributed by atoms with Gasteiger partial charge in [0, 0.05) is 11.6 Å². The molecule has 0 aromatic carbocycles. The van der Waals surface area contributed by atoms with Gasteiger partial charge in [-0.2, -0.15) is 4.98 Å². The number of hydrogen-bond acceptors (Lipinski definition) is 6. The van der Waals surface area contributed by atoms with Gasteiger partial charge in [-0.1, -0.05) is 25.9 Å². The summed E-state index contributed by atoms with van der Waals surface area (Å²) in [6.07, 6.45) is 1.59. The third kappa shape index (κ3) is 2.25. The first-order valence-corrected chi connectivity index (χ1v) is 5.31. The van der Waals surface area contributed by atoms with Crippen molar-refractivity contribution < 1.29 is 4.52 Å². The van der Waals surface area contributed by atoms with Gasteiger partial charge >= 0.3 is 0 Å². The van der Waals surface area contributed by atoms with Crippen molar-refractivity contribution in [2.24, 2.45) is 0 Å². The van der Waals surface area contributed by atoms with E-state index in [9.17, 15) is 0 Å². The van der Waals surface area contributed by atoms with E-state index in [1.54, 1.807) is 13.1 Å². The molecule has 0 aliphatic carbocycles. The molecule has 0 aliphatic heterocycles. The predicted molar refractivity (Wildman–Crippen MR) is 63.2 cm³/mol. The Kier molecular flexibility index (Phi) is 2.57. The molecule has 6 heteroatoms. The summed E-state index contributed by atoms with van der Waals surface area (Å²) in [6.45, 7) is 7.80. The Hall–Kier alpha value is -1.98. The molecule has 2 N–H and O–H groups in total. The smallest absolute Gasteiger partial charge is 0.263 e. The number of nitrogens with zero attached hydrogens (tertiary/aromatic N) is 4. The fourth-order valence-corrected chi connectivity index (χ4v) is 1.29. The Morgan fingerprint density at radius 2 is 1.94 bits per heavy atom. The molecule has 6 nitrogen and oxygen atoms in total. The number of anilines is 1. The molecule has 2 aromatic heterocycles. The second-order valence-corrected chi connectivity index (χ2v) is 4.89. The van der Waals surface area contributed by atoms with E-state index in [1.165, 1.54) is 0 Å². The predicted octanol–water partition coefficient (Wildman–Crippen LogP) is 1.71. The largest absolute Gasteiger partial charge is 0.383 e. The van der Waals surface area contributed by atoms with Crippen LogP contribution in [0.1, 0.15) is 32.4 Å². The molecular weight excluding hydrogens is 218 g/mol. The van der Waals surface area contributed by atoms with Gasteiger partial charge in [0.1, 0.15) is 17.2 Å². The molecule has 0 bridgehead atoms. The van der Waals surface area contributed by atoms with Gasteiger partial charge in [0.15, 0.2) is 5.82 Å². The number of aryl methyl sites for hydroxylation is 1. The highest BCUT2D eigenvalue weighted by atomic mass is 16.5. The van der Waals surface area contributed by atoms with Crippen LogP contribution in [0.25, 0.3) is 11.5 Å². The van der Waals surface area contributed by atoms with Crippen molar-refractivity contribution in [2.75, 3.05) is 5.73 Å². The standard InChI is InChI=1S/C11H15N5O/c1-6-13-5-7(8(12)14-6)9-15-10(16-17-9)11(2,3)4/h5H,1-4H3,(H2,12,13,14). The Labute approximate surface area is 99.3 Å². The van der Waals surface area contributed by atoms with E-state index in [1.807, 2.05) is 20.8 Å². The molecule has 2 aromatic rings. The third-order valence-electron chi connectivity index (χ3n) is 2.27. The van der Waals surface area contributed by atoms with Crippen LogP contribution in [-0.2, 0) is 5.41 Å². The summed E-state index contributed by atoms with van der Waals surface area (Å²) in [5, 5.41) is 3.93. The summed E-state index contributed by atoms with van der Waals surface area (Å²) in [6, 6.07) is 0. The quantitative estimate of drug-likeness (QED) is 0.806. The van der Waals surface area contributed by atoms with Gasteiger partial charge in [0.25, 0.3) is 5.89 Å². The fourth-order valence-electron chi connectivity index (χ4n) is 1.29. The SMILES string of the molecule is Cc1ncc(-c2nc(C(C)(C)C)no2)c(N)n1. The summed E-state index contributed by atoms with van der Waals surface area (Å²) in [4.78, 5) is 12.4. The van der Waals surface area contributed by atoms with Crippen molar-refractivity contribution in [3.63, 3.8) is 0 Å². The number of hydrogen-bond donors (Lipinski definition) is 1. The van der Waals surface area contributed by atoms with Crippen LogP contribution in [0.4, 0.5) is 5.82 Å². The maximum atomic E-state index is 5.79. The molecule has 0 atom stereocenters. The number of aromatic nitrogens is 4. The minimum atomic E-state index is -0.165. The lowest BCUT2D eigenvalue weighted by molar-refractivity contribution is 0.402. The fraction of sp³-hybridized carbons (Fsp3) is 0.455. The van der Waals surface area contributed by atoms with Crippen molar-refractivity contribution in [3.05, 3.63) is 17.8 Å². The summed E-state index contributed by atoms with van der Waals surface area (Å²) in [5.41, 5.74) is 6.20. The van der Waals surface area contributed by atoms with Crippen molar-refractivity contribution >= 4 is 5.82 Å². The molecule has 0 radical (unpaired) electrons. The molecule has 2 rings (SSSR count). The highest BCUT2D eigenvalue weighted by molar-refractivity contribution is 5.65. The van der Waals surface area contributed by atoms with Crippen LogP contribution in [0.5, 0.6) is 0 Å². The summed E-state index contributed by atoms with van der Waals surface area (Å²) in [5.74, 6) is 1.95. The maximum absolute atomic E-state index is 5.79. The molecule has 0 saturated heterocycles. The molecule has 0 aliphatic rings. The van der Waals surface area contributed by atoms with E-state index < -0.39 is 0 Å². The van der Waals surface area contributed by atoms with Crippen LogP contribution in [0.2, 0.25) is 0 Å². The van der Waals surface area contributed by atoms with Gasteiger partial charge < -0.3 is 10.3 Å². The monoisotopic (exact) mass is 233 g/mol. The normalized spacial score (nSPS) is 11.8. The molecule has 0 unspecified atom stereocenters. The van der Waals surface area contributed by atoms with Gasteiger partial charge in [-0.25, -0.2) is 9.97 Å². The van der Waals surface area contributed by atoms with E-state index in [0.29, 0.717) is 28.9 Å². The zero-order valence-electron chi connectivity index (χ0n) is 10.4. The topological polar surface area (TPSA) is 90.7 Å². The lowest BCUT2D eigenvalue weighted by Crippen LogP contribution is -2.13. The molecule has 0 spiro atoms. The number of nitrogens with two attached hydrogens (primary N) is 1.